The van der Waals surface area contributed by atoms with Crippen molar-refractivity contribution in [3.63, 3.8) is 0 Å². The average molecular weight is 272 g/mol. The van der Waals surface area contributed by atoms with E-state index in [4.69, 9.17) is 4.74 Å². The van der Waals surface area contributed by atoms with E-state index in [1.807, 2.05) is 28.9 Å². The fourth-order valence-corrected chi connectivity index (χ4v) is 2.83. The average Bonchev–Trinajstić information content (AvgIpc) is 2.86. The van der Waals surface area contributed by atoms with Gasteiger partial charge in [-0.1, -0.05) is 18.2 Å². The zero-order chi connectivity index (χ0) is 14.1. The normalized spacial score (nSPS) is 19.2. The van der Waals surface area contributed by atoms with Crippen molar-refractivity contribution >= 4 is 22.7 Å². The highest BCUT2D eigenvalue weighted by atomic mass is 16.5. The molecule has 1 heterocycles. The van der Waals surface area contributed by atoms with Gasteiger partial charge in [-0.2, -0.15) is 5.10 Å². The van der Waals surface area contributed by atoms with Crippen LogP contribution in [0.3, 0.4) is 0 Å². The van der Waals surface area contributed by atoms with Gasteiger partial charge < -0.3 is 4.74 Å². The summed E-state index contributed by atoms with van der Waals surface area (Å²) in [6.45, 7) is 0. The fourth-order valence-electron chi connectivity index (χ4n) is 2.83. The summed E-state index contributed by atoms with van der Waals surface area (Å²) < 4.78 is 6.60. The second-order valence-electron chi connectivity index (χ2n) is 5.09. The maximum Gasteiger partial charge on any atom is 0.359 e. The van der Waals surface area contributed by atoms with Crippen molar-refractivity contribution in [3.8, 4) is 0 Å². The first-order valence-corrected chi connectivity index (χ1v) is 6.78. The first kappa shape index (κ1) is 12.8. The Kier molecular flexibility index (Phi) is 3.26. The highest BCUT2D eigenvalue weighted by molar-refractivity contribution is 6.02. The summed E-state index contributed by atoms with van der Waals surface area (Å²) in [6, 6.07) is 7.60. The molecule has 0 aliphatic heterocycles. The number of carbonyl (C=O) groups excluding carboxylic acids is 2. The van der Waals surface area contributed by atoms with Crippen molar-refractivity contribution in [3.05, 3.63) is 30.0 Å². The van der Waals surface area contributed by atoms with E-state index in [9.17, 15) is 9.59 Å². The number of hydrogen-bond acceptors (Lipinski definition) is 4. The predicted octanol–water partition coefficient (Wildman–Crippen LogP) is 2.51. The Labute approximate surface area is 116 Å². The van der Waals surface area contributed by atoms with Crippen molar-refractivity contribution in [2.45, 2.75) is 31.7 Å². The molecule has 1 aromatic carbocycles. The quantitative estimate of drug-likeness (QED) is 0.788. The third-order valence-electron chi connectivity index (χ3n) is 3.79. The van der Waals surface area contributed by atoms with Gasteiger partial charge in [0.1, 0.15) is 5.78 Å². The lowest BCUT2D eigenvalue weighted by molar-refractivity contribution is -0.121. The van der Waals surface area contributed by atoms with Crippen LogP contribution in [0.25, 0.3) is 10.9 Å². The third-order valence-corrected chi connectivity index (χ3v) is 3.79. The van der Waals surface area contributed by atoms with Gasteiger partial charge in [0, 0.05) is 18.2 Å². The van der Waals surface area contributed by atoms with Crippen LogP contribution in [0.5, 0.6) is 0 Å². The van der Waals surface area contributed by atoms with Crippen LogP contribution in [0.15, 0.2) is 24.3 Å². The molecule has 5 heteroatoms. The molecule has 1 saturated carbocycles. The summed E-state index contributed by atoms with van der Waals surface area (Å²) in [7, 11) is 1.35. The van der Waals surface area contributed by atoms with Gasteiger partial charge in [0.15, 0.2) is 5.69 Å². The van der Waals surface area contributed by atoms with Gasteiger partial charge in [-0.25, -0.2) is 4.79 Å². The minimum Gasteiger partial charge on any atom is -0.464 e. The van der Waals surface area contributed by atoms with E-state index in [0.29, 0.717) is 18.5 Å². The molecular formula is C15H16N2O3. The summed E-state index contributed by atoms with van der Waals surface area (Å²) in [5.74, 6) is -0.178. The van der Waals surface area contributed by atoms with Crippen molar-refractivity contribution < 1.29 is 14.3 Å². The Morgan fingerprint density at radius 2 is 2.20 bits per heavy atom. The minimum atomic E-state index is -0.443. The SMILES string of the molecule is COC(=O)c1nn(C2CCCC(=O)C2)c2ccccc12. The van der Waals surface area contributed by atoms with Gasteiger partial charge in [-0.05, 0) is 18.9 Å². The van der Waals surface area contributed by atoms with Crippen molar-refractivity contribution in [2.24, 2.45) is 0 Å². The molecule has 0 amide bonds. The second kappa shape index (κ2) is 5.07. The number of ketones is 1. The number of rotatable bonds is 2. The molecular weight excluding hydrogens is 256 g/mol. The van der Waals surface area contributed by atoms with Crippen molar-refractivity contribution in [1.29, 1.82) is 0 Å². The van der Waals surface area contributed by atoms with Gasteiger partial charge in [0.2, 0.25) is 0 Å². The molecule has 1 aliphatic carbocycles. The predicted molar refractivity (Wildman–Crippen MR) is 73.6 cm³/mol. The Balaban J connectivity index is 2.11. The molecule has 0 saturated heterocycles. The van der Waals surface area contributed by atoms with Crippen LogP contribution >= 0.6 is 0 Å². The summed E-state index contributed by atoms with van der Waals surface area (Å²) in [4.78, 5) is 23.5. The fraction of sp³-hybridized carbons (Fsp3) is 0.400. The second-order valence-corrected chi connectivity index (χ2v) is 5.09. The van der Waals surface area contributed by atoms with Crippen LogP contribution in [0.1, 0.15) is 42.2 Å². The van der Waals surface area contributed by atoms with E-state index in [1.165, 1.54) is 7.11 Å². The third kappa shape index (κ3) is 2.09. The minimum absolute atomic E-state index is 0.0413. The number of para-hydroxylation sites is 1. The summed E-state index contributed by atoms with van der Waals surface area (Å²) in [5, 5.41) is 5.18. The number of carbonyl (C=O) groups is 2. The van der Waals surface area contributed by atoms with Crippen molar-refractivity contribution in [1.82, 2.24) is 9.78 Å². The maximum atomic E-state index is 11.8. The topological polar surface area (TPSA) is 61.2 Å². The first-order chi connectivity index (χ1) is 9.70. The number of methoxy groups -OCH3 is 1. The monoisotopic (exact) mass is 272 g/mol. The van der Waals surface area contributed by atoms with Gasteiger partial charge >= 0.3 is 5.97 Å². The molecule has 2 aromatic rings. The summed E-state index contributed by atoms with van der Waals surface area (Å²) in [6.07, 6.45) is 2.94. The molecule has 1 unspecified atom stereocenters. The lowest BCUT2D eigenvalue weighted by Crippen LogP contribution is -2.20. The Hall–Kier alpha value is -2.17. The highest BCUT2D eigenvalue weighted by Crippen LogP contribution is 2.30. The number of nitrogens with zero attached hydrogens (tertiary/aromatic N) is 2. The number of Topliss-reactive ketones (excluding diaryl/α,β-unsaturated/α-hetero) is 1. The Morgan fingerprint density at radius 1 is 1.40 bits per heavy atom. The van der Waals surface area contributed by atoms with Gasteiger partial charge in [-0.15, -0.1) is 0 Å². The Morgan fingerprint density at radius 3 is 2.95 bits per heavy atom. The molecule has 3 rings (SSSR count). The smallest absolute Gasteiger partial charge is 0.359 e. The molecule has 0 spiro atoms. The zero-order valence-corrected chi connectivity index (χ0v) is 11.3. The maximum absolute atomic E-state index is 11.8. The number of ether oxygens (including phenoxy) is 1. The van der Waals surface area contributed by atoms with E-state index in [1.54, 1.807) is 0 Å². The number of hydrogen-bond donors (Lipinski definition) is 0. The molecule has 1 atom stereocenters. The van der Waals surface area contributed by atoms with Crippen LogP contribution in [0, 0.1) is 0 Å². The van der Waals surface area contributed by atoms with E-state index >= 15 is 0 Å². The Bertz CT molecular complexity index is 675. The zero-order valence-electron chi connectivity index (χ0n) is 11.3. The van der Waals surface area contributed by atoms with E-state index < -0.39 is 5.97 Å². The largest absolute Gasteiger partial charge is 0.464 e. The molecule has 1 aliphatic rings. The highest BCUT2D eigenvalue weighted by Gasteiger charge is 2.26. The molecule has 1 fully saturated rings. The van der Waals surface area contributed by atoms with E-state index in [-0.39, 0.29) is 11.8 Å². The van der Waals surface area contributed by atoms with Crippen LogP contribution in [0.4, 0.5) is 0 Å². The standard InChI is InChI=1S/C15H16N2O3/c1-20-15(19)14-12-7-2-3-8-13(12)17(16-14)10-5-4-6-11(18)9-10/h2-3,7-8,10H,4-6,9H2,1H3. The molecule has 0 N–H and O–H groups in total. The van der Waals surface area contributed by atoms with Gasteiger partial charge in [0.25, 0.3) is 0 Å². The lowest BCUT2D eigenvalue weighted by Gasteiger charge is -2.21. The van der Waals surface area contributed by atoms with E-state index in [2.05, 4.69) is 5.10 Å². The van der Waals surface area contributed by atoms with Crippen LogP contribution < -0.4 is 0 Å². The molecule has 1 aromatic heterocycles. The number of aromatic nitrogens is 2. The molecule has 0 radical (unpaired) electrons. The summed E-state index contributed by atoms with van der Waals surface area (Å²) >= 11 is 0. The molecule has 104 valence electrons. The van der Waals surface area contributed by atoms with Crippen molar-refractivity contribution in [2.75, 3.05) is 7.11 Å². The first-order valence-electron chi connectivity index (χ1n) is 6.78. The van der Waals surface area contributed by atoms with E-state index in [0.717, 1.165) is 23.7 Å². The molecule has 20 heavy (non-hydrogen) atoms. The molecule has 0 bridgehead atoms. The molecule has 5 nitrogen and oxygen atoms in total. The van der Waals surface area contributed by atoms with Crippen LogP contribution in [-0.4, -0.2) is 28.6 Å². The van der Waals surface area contributed by atoms with Crippen LogP contribution in [0.2, 0.25) is 0 Å². The summed E-state index contributed by atoms with van der Waals surface area (Å²) in [5.41, 5.74) is 1.20. The number of fused-ring (bicyclic) bond motifs is 1. The van der Waals surface area contributed by atoms with Gasteiger partial charge in [0.05, 0.1) is 18.7 Å². The van der Waals surface area contributed by atoms with Gasteiger partial charge in [-0.3, -0.25) is 9.48 Å². The van der Waals surface area contributed by atoms with Crippen LogP contribution in [-0.2, 0) is 9.53 Å². The lowest BCUT2D eigenvalue weighted by atomic mass is 9.94. The number of esters is 1. The number of benzene rings is 1.